The fourth-order valence-electron chi connectivity index (χ4n) is 2.55. The summed E-state index contributed by atoms with van der Waals surface area (Å²) in [7, 11) is 0. The molecule has 126 valence electrons. The molecule has 1 aromatic rings. The zero-order chi connectivity index (χ0) is 16.8. The predicted octanol–water partition coefficient (Wildman–Crippen LogP) is 2.36. The van der Waals surface area contributed by atoms with E-state index in [2.05, 4.69) is 10.6 Å². The standard InChI is InChI=1S/C16H22FN3O3/c1-3-7-20-10-11(8-15(20)21)18-16(22)19-14-6-5-12(23-4-2)9-13(14)17/h5-6,9,11H,3-4,7-8,10H2,1-2H3,(H2,18,19,22). The number of hydrogen-bond acceptors (Lipinski definition) is 3. The Morgan fingerprint density at radius 3 is 2.87 bits per heavy atom. The molecule has 7 heteroatoms. The summed E-state index contributed by atoms with van der Waals surface area (Å²) >= 11 is 0. The number of carbonyl (C=O) groups is 2. The monoisotopic (exact) mass is 323 g/mol. The molecule has 0 saturated carbocycles. The maximum absolute atomic E-state index is 13.9. The van der Waals surface area contributed by atoms with Crippen LogP contribution in [0.25, 0.3) is 0 Å². The number of carbonyl (C=O) groups excluding carboxylic acids is 2. The number of anilines is 1. The first-order chi connectivity index (χ1) is 11.0. The molecule has 2 N–H and O–H groups in total. The van der Waals surface area contributed by atoms with Crippen molar-refractivity contribution in [3.63, 3.8) is 0 Å². The van der Waals surface area contributed by atoms with Crippen LogP contribution >= 0.6 is 0 Å². The smallest absolute Gasteiger partial charge is 0.319 e. The first-order valence-electron chi connectivity index (χ1n) is 7.81. The number of nitrogens with one attached hydrogen (secondary N) is 2. The van der Waals surface area contributed by atoms with Crippen molar-refractivity contribution in [1.82, 2.24) is 10.2 Å². The maximum Gasteiger partial charge on any atom is 0.319 e. The third-order valence-electron chi connectivity index (χ3n) is 3.54. The van der Waals surface area contributed by atoms with Gasteiger partial charge in [0.2, 0.25) is 5.91 Å². The average Bonchev–Trinajstić information content (AvgIpc) is 2.82. The zero-order valence-corrected chi connectivity index (χ0v) is 13.4. The SMILES string of the molecule is CCCN1CC(NC(=O)Nc2ccc(OCC)cc2F)CC1=O. The van der Waals surface area contributed by atoms with Gasteiger partial charge < -0.3 is 20.3 Å². The molecule has 0 aliphatic carbocycles. The Kier molecular flexibility index (Phi) is 5.78. The number of likely N-dealkylation sites (tertiary alicyclic amines) is 1. The second-order valence-corrected chi connectivity index (χ2v) is 5.41. The number of benzene rings is 1. The molecule has 1 atom stereocenters. The first-order valence-corrected chi connectivity index (χ1v) is 7.81. The Morgan fingerprint density at radius 2 is 2.22 bits per heavy atom. The number of urea groups is 1. The Hall–Kier alpha value is -2.31. The third kappa shape index (κ3) is 4.58. The highest BCUT2D eigenvalue weighted by Gasteiger charge is 2.29. The van der Waals surface area contributed by atoms with Gasteiger partial charge in [-0.15, -0.1) is 0 Å². The molecule has 0 spiro atoms. The lowest BCUT2D eigenvalue weighted by Crippen LogP contribution is -2.39. The van der Waals surface area contributed by atoms with Gasteiger partial charge in [-0.05, 0) is 25.5 Å². The summed E-state index contributed by atoms with van der Waals surface area (Å²) in [4.78, 5) is 25.4. The van der Waals surface area contributed by atoms with Crippen LogP contribution in [0.1, 0.15) is 26.7 Å². The lowest BCUT2D eigenvalue weighted by molar-refractivity contribution is -0.127. The molecule has 1 unspecified atom stereocenters. The largest absolute Gasteiger partial charge is 0.494 e. The third-order valence-corrected chi connectivity index (χ3v) is 3.54. The summed E-state index contributed by atoms with van der Waals surface area (Å²) in [5.74, 6) is -0.127. The highest BCUT2D eigenvalue weighted by atomic mass is 19.1. The van der Waals surface area contributed by atoms with E-state index in [1.54, 1.807) is 11.0 Å². The second-order valence-electron chi connectivity index (χ2n) is 5.41. The number of amides is 3. The molecule has 1 aromatic carbocycles. The highest BCUT2D eigenvalue weighted by molar-refractivity contribution is 5.90. The van der Waals surface area contributed by atoms with E-state index in [1.165, 1.54) is 12.1 Å². The molecule has 2 rings (SSSR count). The molecule has 3 amide bonds. The normalized spacial score (nSPS) is 17.3. The Bertz CT molecular complexity index is 580. The highest BCUT2D eigenvalue weighted by Crippen LogP contribution is 2.20. The molecular formula is C16H22FN3O3. The van der Waals surface area contributed by atoms with Gasteiger partial charge in [0.25, 0.3) is 0 Å². The van der Waals surface area contributed by atoms with Gasteiger partial charge in [0.05, 0.1) is 18.3 Å². The molecular weight excluding hydrogens is 301 g/mol. The minimum absolute atomic E-state index is 0.0318. The predicted molar refractivity (Wildman–Crippen MR) is 85.0 cm³/mol. The fraction of sp³-hybridized carbons (Fsp3) is 0.500. The van der Waals surface area contributed by atoms with Gasteiger partial charge in [-0.2, -0.15) is 0 Å². The van der Waals surface area contributed by atoms with Crippen molar-refractivity contribution in [3.8, 4) is 5.75 Å². The Balaban J connectivity index is 1.89. The van der Waals surface area contributed by atoms with Crippen molar-refractivity contribution in [3.05, 3.63) is 24.0 Å². The number of halogens is 1. The second kappa shape index (κ2) is 7.80. The summed E-state index contributed by atoms with van der Waals surface area (Å²) in [6.07, 6.45) is 1.15. The minimum Gasteiger partial charge on any atom is -0.494 e. The zero-order valence-electron chi connectivity index (χ0n) is 13.4. The van der Waals surface area contributed by atoms with E-state index < -0.39 is 11.8 Å². The van der Waals surface area contributed by atoms with Crippen molar-refractivity contribution in [2.75, 3.05) is 25.0 Å². The summed E-state index contributed by atoms with van der Waals surface area (Å²) in [5.41, 5.74) is 0.0701. The van der Waals surface area contributed by atoms with Crippen molar-refractivity contribution in [1.29, 1.82) is 0 Å². The molecule has 6 nitrogen and oxygen atoms in total. The van der Waals surface area contributed by atoms with Gasteiger partial charge in [-0.1, -0.05) is 6.92 Å². The molecule has 0 radical (unpaired) electrons. The quantitative estimate of drug-likeness (QED) is 0.844. The molecule has 1 saturated heterocycles. The van der Waals surface area contributed by atoms with Crippen LogP contribution in [-0.2, 0) is 4.79 Å². The maximum atomic E-state index is 13.9. The van der Waals surface area contributed by atoms with E-state index in [1.807, 2.05) is 13.8 Å². The Labute approximate surface area is 135 Å². The average molecular weight is 323 g/mol. The lowest BCUT2D eigenvalue weighted by atomic mass is 10.2. The van der Waals surface area contributed by atoms with Crippen LogP contribution in [0.4, 0.5) is 14.9 Å². The van der Waals surface area contributed by atoms with E-state index in [4.69, 9.17) is 4.74 Å². The summed E-state index contributed by atoms with van der Waals surface area (Å²) < 4.78 is 19.1. The molecule has 0 bridgehead atoms. The van der Waals surface area contributed by atoms with Gasteiger partial charge >= 0.3 is 6.03 Å². The molecule has 1 heterocycles. The van der Waals surface area contributed by atoms with Gasteiger partial charge in [0, 0.05) is 25.6 Å². The number of ether oxygens (including phenoxy) is 1. The van der Waals surface area contributed by atoms with Gasteiger partial charge in [0.1, 0.15) is 11.6 Å². The number of rotatable bonds is 6. The summed E-state index contributed by atoms with van der Waals surface area (Å²) in [5, 5.41) is 5.16. The topological polar surface area (TPSA) is 70.7 Å². The molecule has 1 aliphatic heterocycles. The van der Waals surface area contributed by atoms with Crippen LogP contribution < -0.4 is 15.4 Å². The molecule has 0 aromatic heterocycles. The van der Waals surface area contributed by atoms with E-state index in [-0.39, 0.29) is 24.1 Å². The molecule has 1 fully saturated rings. The van der Waals surface area contributed by atoms with Crippen LogP contribution in [0.3, 0.4) is 0 Å². The number of hydrogen-bond donors (Lipinski definition) is 2. The minimum atomic E-state index is -0.568. The fourth-order valence-corrected chi connectivity index (χ4v) is 2.55. The molecule has 23 heavy (non-hydrogen) atoms. The van der Waals surface area contributed by atoms with E-state index in [0.717, 1.165) is 6.42 Å². The van der Waals surface area contributed by atoms with Gasteiger partial charge in [-0.25, -0.2) is 9.18 Å². The van der Waals surface area contributed by atoms with Gasteiger partial charge in [0.15, 0.2) is 0 Å². The summed E-state index contributed by atoms with van der Waals surface area (Å²) in [6, 6.07) is 3.48. The summed E-state index contributed by atoms with van der Waals surface area (Å²) in [6.45, 7) is 5.42. The van der Waals surface area contributed by atoms with E-state index in [0.29, 0.717) is 25.4 Å². The Morgan fingerprint density at radius 1 is 1.43 bits per heavy atom. The van der Waals surface area contributed by atoms with Crippen molar-refractivity contribution in [2.24, 2.45) is 0 Å². The van der Waals surface area contributed by atoms with Gasteiger partial charge in [-0.3, -0.25) is 4.79 Å². The van der Waals surface area contributed by atoms with Crippen LogP contribution in [0, 0.1) is 5.82 Å². The first kappa shape index (κ1) is 17.1. The van der Waals surface area contributed by atoms with E-state index in [9.17, 15) is 14.0 Å². The van der Waals surface area contributed by atoms with Crippen molar-refractivity contribution >= 4 is 17.6 Å². The molecule has 1 aliphatic rings. The lowest BCUT2D eigenvalue weighted by Gasteiger charge is -2.16. The van der Waals surface area contributed by atoms with E-state index >= 15 is 0 Å². The van der Waals surface area contributed by atoms with Crippen LogP contribution in [0.5, 0.6) is 5.75 Å². The number of nitrogens with zero attached hydrogens (tertiary/aromatic N) is 1. The van der Waals surface area contributed by atoms with Crippen molar-refractivity contribution < 1.29 is 18.7 Å². The van der Waals surface area contributed by atoms with Crippen LogP contribution in [-0.4, -0.2) is 42.6 Å². The van der Waals surface area contributed by atoms with Crippen molar-refractivity contribution in [2.45, 2.75) is 32.7 Å². The van der Waals surface area contributed by atoms with Crippen LogP contribution in [0.2, 0.25) is 0 Å². The van der Waals surface area contributed by atoms with Crippen LogP contribution in [0.15, 0.2) is 18.2 Å².